The highest BCUT2D eigenvalue weighted by molar-refractivity contribution is 7.15. The number of carbonyl (C=O) groups is 1. The topological polar surface area (TPSA) is 64.1 Å². The molecule has 0 fully saturated rings. The van der Waals surface area contributed by atoms with Crippen molar-refractivity contribution in [3.63, 3.8) is 0 Å². The second kappa shape index (κ2) is 5.46. The van der Waals surface area contributed by atoms with Gasteiger partial charge in [0.15, 0.2) is 0 Å². The first-order chi connectivity index (χ1) is 6.76. The van der Waals surface area contributed by atoms with Crippen LogP contribution < -0.4 is 5.32 Å². The van der Waals surface area contributed by atoms with Gasteiger partial charge in [-0.3, -0.25) is 10.1 Å². The molecule has 0 aliphatic carbocycles. The third-order valence-electron chi connectivity index (χ3n) is 1.40. The quantitative estimate of drug-likeness (QED) is 0.736. The van der Waals surface area contributed by atoms with E-state index in [1.807, 2.05) is 0 Å². The summed E-state index contributed by atoms with van der Waals surface area (Å²) in [6.07, 6.45) is 1.90. The van der Waals surface area contributed by atoms with Gasteiger partial charge in [-0.2, -0.15) is 0 Å². The fourth-order valence-corrected chi connectivity index (χ4v) is 1.47. The number of anilines is 1. The van der Waals surface area contributed by atoms with E-state index < -0.39 is 0 Å². The number of hydrogen-bond acceptors (Lipinski definition) is 5. The first-order valence-electron chi connectivity index (χ1n) is 4.01. The van der Waals surface area contributed by atoms with Crippen LogP contribution in [0, 0.1) is 0 Å². The largest absolute Gasteiger partial charge is 0.384 e. The van der Waals surface area contributed by atoms with Crippen molar-refractivity contribution in [2.45, 2.75) is 6.42 Å². The number of amides is 1. The minimum Gasteiger partial charge on any atom is -0.384 e. The molecule has 5 nitrogen and oxygen atoms in total. The van der Waals surface area contributed by atoms with Crippen LogP contribution in [0.15, 0.2) is 12.7 Å². The fourth-order valence-electron chi connectivity index (χ4n) is 0.751. The number of aromatic nitrogens is 2. The van der Waals surface area contributed by atoms with Gasteiger partial charge in [0.05, 0.1) is 6.61 Å². The van der Waals surface area contributed by atoms with E-state index in [0.29, 0.717) is 18.2 Å². The lowest BCUT2D eigenvalue weighted by Gasteiger charge is -1.93. The number of ether oxygens (including phenoxy) is 1. The van der Waals surface area contributed by atoms with Crippen molar-refractivity contribution in [2.75, 3.05) is 19.0 Å². The Bertz CT molecular complexity index is 324. The maximum absolute atomic E-state index is 10.9. The molecule has 1 N–H and O–H groups in total. The van der Waals surface area contributed by atoms with Crippen LogP contribution in [-0.4, -0.2) is 29.8 Å². The molecule has 0 bridgehead atoms. The van der Waals surface area contributed by atoms with Crippen molar-refractivity contribution >= 4 is 22.4 Å². The predicted molar refractivity (Wildman–Crippen MR) is 54.3 cm³/mol. The second-order valence-electron chi connectivity index (χ2n) is 2.44. The number of nitrogens with zero attached hydrogens (tertiary/aromatic N) is 2. The van der Waals surface area contributed by atoms with Crippen molar-refractivity contribution in [3.05, 3.63) is 17.7 Å². The van der Waals surface area contributed by atoms with Crippen LogP contribution in [0.4, 0.5) is 5.13 Å². The highest BCUT2D eigenvalue weighted by Gasteiger charge is 2.05. The SMILES string of the molecule is C=CC(=O)Nc1nnc(CCOC)s1. The molecule has 76 valence electrons. The van der Waals surface area contributed by atoms with E-state index in [9.17, 15) is 4.79 Å². The average Bonchev–Trinajstić information content (AvgIpc) is 2.62. The lowest BCUT2D eigenvalue weighted by atomic mass is 10.5. The Hall–Kier alpha value is -1.27. The maximum Gasteiger partial charge on any atom is 0.249 e. The summed E-state index contributed by atoms with van der Waals surface area (Å²) >= 11 is 1.33. The van der Waals surface area contributed by atoms with Crippen LogP contribution in [0.3, 0.4) is 0 Å². The maximum atomic E-state index is 10.9. The number of carbonyl (C=O) groups excluding carboxylic acids is 1. The van der Waals surface area contributed by atoms with Crippen LogP contribution in [0.1, 0.15) is 5.01 Å². The summed E-state index contributed by atoms with van der Waals surface area (Å²) in [7, 11) is 1.63. The molecule has 0 saturated heterocycles. The number of rotatable bonds is 5. The van der Waals surface area contributed by atoms with Gasteiger partial charge in [0, 0.05) is 13.5 Å². The summed E-state index contributed by atoms with van der Waals surface area (Å²) in [4.78, 5) is 10.9. The van der Waals surface area contributed by atoms with Gasteiger partial charge in [0.1, 0.15) is 5.01 Å². The second-order valence-corrected chi connectivity index (χ2v) is 3.50. The summed E-state index contributed by atoms with van der Waals surface area (Å²) in [5.74, 6) is -0.278. The zero-order valence-corrected chi connectivity index (χ0v) is 8.63. The monoisotopic (exact) mass is 213 g/mol. The number of hydrogen-bond donors (Lipinski definition) is 1. The first kappa shape index (κ1) is 10.8. The Labute approximate surface area is 85.8 Å². The van der Waals surface area contributed by atoms with Gasteiger partial charge in [-0.25, -0.2) is 0 Å². The van der Waals surface area contributed by atoms with Crippen molar-refractivity contribution in [1.82, 2.24) is 10.2 Å². The Morgan fingerprint density at radius 2 is 2.50 bits per heavy atom. The molecule has 1 heterocycles. The van der Waals surface area contributed by atoms with Crippen LogP contribution in [0.5, 0.6) is 0 Å². The van der Waals surface area contributed by atoms with Crippen molar-refractivity contribution in [2.24, 2.45) is 0 Å². The van der Waals surface area contributed by atoms with Gasteiger partial charge in [0.25, 0.3) is 0 Å². The third-order valence-corrected chi connectivity index (χ3v) is 2.30. The molecular formula is C8H11N3O2S. The number of methoxy groups -OCH3 is 1. The molecule has 0 aliphatic rings. The predicted octanol–water partition coefficient (Wildman–Crippen LogP) is 0.851. The van der Waals surface area contributed by atoms with E-state index in [1.54, 1.807) is 7.11 Å². The molecule has 1 aromatic rings. The summed E-state index contributed by atoms with van der Waals surface area (Å²) in [6, 6.07) is 0. The minimum atomic E-state index is -0.278. The fraction of sp³-hybridized carbons (Fsp3) is 0.375. The van der Waals surface area contributed by atoms with E-state index in [4.69, 9.17) is 4.74 Å². The zero-order chi connectivity index (χ0) is 10.4. The highest BCUT2D eigenvalue weighted by Crippen LogP contribution is 2.15. The third kappa shape index (κ3) is 3.23. The Morgan fingerprint density at radius 3 is 3.14 bits per heavy atom. The van der Waals surface area contributed by atoms with Crippen LogP contribution >= 0.6 is 11.3 Å². The van der Waals surface area contributed by atoms with E-state index in [0.717, 1.165) is 5.01 Å². The molecule has 0 atom stereocenters. The molecule has 0 unspecified atom stereocenters. The summed E-state index contributed by atoms with van der Waals surface area (Å²) in [5, 5.41) is 11.5. The van der Waals surface area contributed by atoms with Crippen LogP contribution in [-0.2, 0) is 16.0 Å². The zero-order valence-electron chi connectivity index (χ0n) is 7.82. The Kier molecular flexibility index (Phi) is 4.21. The molecule has 1 amide bonds. The molecule has 0 radical (unpaired) electrons. The lowest BCUT2D eigenvalue weighted by Crippen LogP contribution is -2.06. The van der Waals surface area contributed by atoms with Gasteiger partial charge in [-0.05, 0) is 6.08 Å². The molecule has 1 aromatic heterocycles. The van der Waals surface area contributed by atoms with E-state index in [-0.39, 0.29) is 5.91 Å². The Morgan fingerprint density at radius 1 is 1.71 bits per heavy atom. The summed E-state index contributed by atoms with van der Waals surface area (Å²) in [5.41, 5.74) is 0. The van der Waals surface area contributed by atoms with Gasteiger partial charge in [-0.1, -0.05) is 17.9 Å². The van der Waals surface area contributed by atoms with Crippen molar-refractivity contribution in [1.29, 1.82) is 0 Å². The van der Waals surface area contributed by atoms with E-state index >= 15 is 0 Å². The highest BCUT2D eigenvalue weighted by atomic mass is 32.1. The van der Waals surface area contributed by atoms with Gasteiger partial charge in [0.2, 0.25) is 11.0 Å². The van der Waals surface area contributed by atoms with Crippen molar-refractivity contribution < 1.29 is 9.53 Å². The van der Waals surface area contributed by atoms with Crippen molar-refractivity contribution in [3.8, 4) is 0 Å². The number of nitrogens with one attached hydrogen (secondary N) is 1. The molecule has 1 rings (SSSR count). The molecule has 14 heavy (non-hydrogen) atoms. The summed E-state index contributed by atoms with van der Waals surface area (Å²) < 4.78 is 4.89. The van der Waals surface area contributed by atoms with Crippen LogP contribution in [0.25, 0.3) is 0 Å². The average molecular weight is 213 g/mol. The summed E-state index contributed by atoms with van der Waals surface area (Å²) in [6.45, 7) is 3.94. The van der Waals surface area contributed by atoms with Gasteiger partial charge in [-0.15, -0.1) is 10.2 Å². The molecule has 0 spiro atoms. The lowest BCUT2D eigenvalue weighted by molar-refractivity contribution is -0.111. The van der Waals surface area contributed by atoms with E-state index in [2.05, 4.69) is 22.1 Å². The standard InChI is InChI=1S/C8H11N3O2S/c1-3-6(12)9-8-11-10-7(14-8)4-5-13-2/h3H,1,4-5H2,2H3,(H,9,11,12). The normalized spacial score (nSPS) is 9.79. The molecular weight excluding hydrogens is 202 g/mol. The Balaban J connectivity index is 2.50. The molecule has 0 saturated carbocycles. The smallest absolute Gasteiger partial charge is 0.249 e. The van der Waals surface area contributed by atoms with Gasteiger partial charge < -0.3 is 4.74 Å². The molecule has 6 heteroatoms. The minimum absolute atomic E-state index is 0.278. The molecule has 0 aromatic carbocycles. The van der Waals surface area contributed by atoms with Crippen LogP contribution in [0.2, 0.25) is 0 Å². The van der Waals surface area contributed by atoms with Gasteiger partial charge >= 0.3 is 0 Å². The molecule has 0 aliphatic heterocycles. The van der Waals surface area contributed by atoms with E-state index in [1.165, 1.54) is 17.4 Å². The first-order valence-corrected chi connectivity index (χ1v) is 4.82.